The second-order valence-corrected chi connectivity index (χ2v) is 7.87. The zero-order valence-corrected chi connectivity index (χ0v) is 18.1. The summed E-state index contributed by atoms with van der Waals surface area (Å²) in [5.74, 6) is -4.05. The van der Waals surface area contributed by atoms with Crippen LogP contribution in [0.2, 0.25) is 0 Å². The highest BCUT2D eigenvalue weighted by Crippen LogP contribution is 2.29. The van der Waals surface area contributed by atoms with Gasteiger partial charge in [0.15, 0.2) is 0 Å². The van der Waals surface area contributed by atoms with Gasteiger partial charge >= 0.3 is 12.1 Å². The molecule has 1 heterocycles. The zero-order valence-electron chi connectivity index (χ0n) is 18.1. The summed E-state index contributed by atoms with van der Waals surface area (Å²) >= 11 is 0. The molecule has 2 aromatic carbocycles. The molecule has 1 fully saturated rings. The molecule has 0 radical (unpaired) electrons. The monoisotopic (exact) mass is 465 g/mol. The maximum Gasteiger partial charge on any atom is 0.471 e. The van der Waals surface area contributed by atoms with Gasteiger partial charge in [-0.15, -0.1) is 0 Å². The van der Waals surface area contributed by atoms with Gasteiger partial charge in [0.1, 0.15) is 5.82 Å². The van der Waals surface area contributed by atoms with E-state index in [4.69, 9.17) is 0 Å². The lowest BCUT2D eigenvalue weighted by atomic mass is 10.1. The lowest BCUT2D eigenvalue weighted by Gasteiger charge is -2.22. The summed E-state index contributed by atoms with van der Waals surface area (Å²) in [5.41, 5.74) is 1.53. The largest absolute Gasteiger partial charge is 0.471 e. The minimum absolute atomic E-state index is 0.00797. The predicted octanol–water partition coefficient (Wildman–Crippen LogP) is 4.04. The first kappa shape index (κ1) is 24.2. The summed E-state index contributed by atoms with van der Waals surface area (Å²) in [6, 6.07) is 10.6. The van der Waals surface area contributed by atoms with Gasteiger partial charge in [0, 0.05) is 31.7 Å². The van der Waals surface area contributed by atoms with Crippen molar-refractivity contribution in [1.82, 2.24) is 4.90 Å². The molecule has 2 aromatic rings. The van der Waals surface area contributed by atoms with E-state index in [2.05, 4.69) is 5.32 Å². The van der Waals surface area contributed by atoms with Crippen molar-refractivity contribution in [3.8, 4) is 0 Å². The van der Waals surface area contributed by atoms with Gasteiger partial charge in [-0.05, 0) is 49.2 Å². The van der Waals surface area contributed by atoms with Crippen molar-refractivity contribution in [2.24, 2.45) is 5.92 Å². The van der Waals surface area contributed by atoms with Crippen LogP contribution < -0.4 is 10.2 Å². The fraction of sp³-hybridized carbons (Fsp3) is 0.348. The van der Waals surface area contributed by atoms with Crippen molar-refractivity contribution in [3.63, 3.8) is 0 Å². The van der Waals surface area contributed by atoms with Crippen molar-refractivity contribution in [2.45, 2.75) is 33.0 Å². The molecule has 1 N–H and O–H groups in total. The van der Waals surface area contributed by atoms with Gasteiger partial charge in [-0.2, -0.15) is 13.2 Å². The van der Waals surface area contributed by atoms with Gasteiger partial charge in [-0.1, -0.05) is 18.2 Å². The second kappa shape index (κ2) is 9.60. The smallest absolute Gasteiger partial charge is 0.331 e. The van der Waals surface area contributed by atoms with Crippen LogP contribution in [0.1, 0.15) is 24.5 Å². The lowest BCUT2D eigenvalue weighted by molar-refractivity contribution is -0.185. The zero-order chi connectivity index (χ0) is 24.3. The molecule has 0 aromatic heterocycles. The number of rotatable bonds is 6. The minimum Gasteiger partial charge on any atom is -0.331 e. The highest BCUT2D eigenvalue weighted by Gasteiger charge is 2.42. The molecule has 1 atom stereocenters. The maximum absolute atomic E-state index is 14.3. The number of hydrogen-bond acceptors (Lipinski definition) is 3. The second-order valence-electron chi connectivity index (χ2n) is 7.87. The standard InChI is InChI=1S/C23H23F4N3O3/c1-3-29(22(33)23(25,26)27)12-15-5-4-6-17(10-15)28-21(32)16-11-20(31)30(13-16)19-8-7-14(2)9-18(19)24/h4-10,16H,3,11-13H2,1-2H3,(H,28,32). The lowest BCUT2D eigenvalue weighted by Crippen LogP contribution is -2.40. The molecule has 3 rings (SSSR count). The number of halogens is 4. The highest BCUT2D eigenvalue weighted by molar-refractivity contribution is 6.03. The number of nitrogens with one attached hydrogen (secondary N) is 1. The Morgan fingerprint density at radius 1 is 1.18 bits per heavy atom. The molecule has 0 bridgehead atoms. The van der Waals surface area contributed by atoms with E-state index in [0.29, 0.717) is 21.7 Å². The minimum atomic E-state index is -4.97. The number of benzene rings is 2. The molecular weight excluding hydrogens is 442 g/mol. The quantitative estimate of drug-likeness (QED) is 0.655. The van der Waals surface area contributed by atoms with Crippen LogP contribution in [0.25, 0.3) is 0 Å². The number of nitrogens with zero attached hydrogens (tertiary/aromatic N) is 2. The number of alkyl halides is 3. The first-order chi connectivity index (χ1) is 15.5. The number of carbonyl (C=O) groups excluding carboxylic acids is 3. The first-order valence-electron chi connectivity index (χ1n) is 10.3. The van der Waals surface area contributed by atoms with Crippen LogP contribution >= 0.6 is 0 Å². The van der Waals surface area contributed by atoms with Gasteiger partial charge in [0.05, 0.1) is 11.6 Å². The summed E-state index contributed by atoms with van der Waals surface area (Å²) in [6.07, 6.45) is -5.07. The Bertz CT molecular complexity index is 1070. The van der Waals surface area contributed by atoms with E-state index in [1.54, 1.807) is 31.2 Å². The summed E-state index contributed by atoms with van der Waals surface area (Å²) in [6.45, 7) is 2.76. The Hall–Kier alpha value is -3.43. The van der Waals surface area contributed by atoms with Gasteiger partial charge in [-0.3, -0.25) is 14.4 Å². The van der Waals surface area contributed by atoms with E-state index in [1.807, 2.05) is 0 Å². The molecule has 10 heteroatoms. The molecule has 0 saturated carbocycles. The molecule has 176 valence electrons. The van der Waals surface area contributed by atoms with Crippen LogP contribution in [-0.4, -0.2) is 41.9 Å². The van der Waals surface area contributed by atoms with Crippen LogP contribution in [0.3, 0.4) is 0 Å². The molecule has 1 saturated heterocycles. The van der Waals surface area contributed by atoms with Crippen molar-refractivity contribution in [3.05, 3.63) is 59.4 Å². The van der Waals surface area contributed by atoms with Crippen LogP contribution in [-0.2, 0) is 20.9 Å². The van der Waals surface area contributed by atoms with E-state index in [9.17, 15) is 31.9 Å². The summed E-state index contributed by atoms with van der Waals surface area (Å²) in [4.78, 5) is 38.5. The van der Waals surface area contributed by atoms with E-state index in [1.165, 1.54) is 30.0 Å². The van der Waals surface area contributed by atoms with Crippen LogP contribution in [0.5, 0.6) is 0 Å². The molecule has 3 amide bonds. The molecular formula is C23H23F4N3O3. The maximum atomic E-state index is 14.3. The van der Waals surface area contributed by atoms with Crippen molar-refractivity contribution < 1.29 is 31.9 Å². The topological polar surface area (TPSA) is 69.7 Å². The Labute approximate surface area is 188 Å². The molecule has 1 aliphatic heterocycles. The SMILES string of the molecule is CCN(Cc1cccc(NC(=O)C2CC(=O)N(c3ccc(C)cc3F)C2)c1)C(=O)C(F)(F)F. The normalized spacial score (nSPS) is 16.1. The molecule has 1 unspecified atom stereocenters. The van der Waals surface area contributed by atoms with Gasteiger partial charge in [0.25, 0.3) is 0 Å². The molecule has 0 aliphatic carbocycles. The van der Waals surface area contributed by atoms with E-state index >= 15 is 0 Å². The van der Waals surface area contributed by atoms with Gasteiger partial charge in [0.2, 0.25) is 11.8 Å². The Morgan fingerprint density at radius 2 is 1.91 bits per heavy atom. The summed E-state index contributed by atoms with van der Waals surface area (Å²) in [7, 11) is 0. The summed E-state index contributed by atoms with van der Waals surface area (Å²) in [5, 5.41) is 2.65. The van der Waals surface area contributed by atoms with Crippen LogP contribution in [0.4, 0.5) is 28.9 Å². The molecule has 1 aliphatic rings. The molecule has 0 spiro atoms. The molecule has 6 nitrogen and oxygen atoms in total. The third kappa shape index (κ3) is 5.68. The van der Waals surface area contributed by atoms with Crippen molar-refractivity contribution >= 4 is 29.1 Å². The van der Waals surface area contributed by atoms with Gasteiger partial charge < -0.3 is 15.1 Å². The average Bonchev–Trinajstić information content (AvgIpc) is 3.12. The Morgan fingerprint density at radius 3 is 2.55 bits per heavy atom. The van der Waals surface area contributed by atoms with Crippen molar-refractivity contribution in [1.29, 1.82) is 0 Å². The highest BCUT2D eigenvalue weighted by atomic mass is 19.4. The Balaban J connectivity index is 1.67. The Kier molecular flexibility index (Phi) is 7.04. The first-order valence-corrected chi connectivity index (χ1v) is 10.3. The van der Waals surface area contributed by atoms with Crippen LogP contribution in [0, 0.1) is 18.7 Å². The number of aryl methyl sites for hydroxylation is 1. The van der Waals surface area contributed by atoms with E-state index in [0.717, 1.165) is 0 Å². The fourth-order valence-electron chi connectivity index (χ4n) is 3.67. The number of hydrogen-bond donors (Lipinski definition) is 1. The number of amides is 3. The van der Waals surface area contributed by atoms with E-state index in [-0.39, 0.29) is 37.6 Å². The number of carbonyl (C=O) groups is 3. The third-order valence-corrected chi connectivity index (χ3v) is 5.37. The van der Waals surface area contributed by atoms with Gasteiger partial charge in [-0.25, -0.2) is 4.39 Å². The number of anilines is 2. The van der Waals surface area contributed by atoms with E-state index < -0.39 is 29.7 Å². The van der Waals surface area contributed by atoms with Crippen molar-refractivity contribution in [2.75, 3.05) is 23.3 Å². The van der Waals surface area contributed by atoms with Crippen LogP contribution in [0.15, 0.2) is 42.5 Å². The third-order valence-electron chi connectivity index (χ3n) is 5.37. The average molecular weight is 465 g/mol. The summed E-state index contributed by atoms with van der Waals surface area (Å²) < 4.78 is 52.5. The fourth-order valence-corrected chi connectivity index (χ4v) is 3.67. The molecule has 33 heavy (non-hydrogen) atoms. The predicted molar refractivity (Wildman–Crippen MR) is 114 cm³/mol.